The first-order valence-corrected chi connectivity index (χ1v) is 7.87. The smallest absolute Gasteiger partial charge is 0.261 e. The van der Waals surface area contributed by atoms with E-state index in [9.17, 15) is 4.79 Å². The minimum atomic E-state index is -0.220. The van der Waals surface area contributed by atoms with Crippen LogP contribution in [0, 0.1) is 0 Å². The number of nitrogens with zero attached hydrogens (tertiary/aromatic N) is 3. The van der Waals surface area contributed by atoms with Crippen molar-refractivity contribution in [3.05, 3.63) is 69.6 Å². The van der Waals surface area contributed by atoms with Gasteiger partial charge < -0.3 is 5.32 Å². The third-order valence-corrected chi connectivity index (χ3v) is 4.35. The van der Waals surface area contributed by atoms with Gasteiger partial charge in [0.05, 0.1) is 34.2 Å². The lowest BCUT2D eigenvalue weighted by atomic mass is 10.1. The predicted molar refractivity (Wildman–Crippen MR) is 86.0 cm³/mol. The molecule has 1 N–H and O–H groups in total. The maximum absolute atomic E-state index is 12.4. The molecule has 0 bridgehead atoms. The van der Waals surface area contributed by atoms with Crippen molar-refractivity contribution < 1.29 is 4.79 Å². The van der Waals surface area contributed by atoms with E-state index in [2.05, 4.69) is 15.5 Å². The number of benzene rings is 1. The van der Waals surface area contributed by atoms with Crippen molar-refractivity contribution in [3.8, 4) is 0 Å². The highest BCUT2D eigenvalue weighted by Gasteiger charge is 2.18. The molecule has 0 saturated heterocycles. The molecule has 2 heterocycles. The lowest BCUT2D eigenvalue weighted by Gasteiger charge is -2.18. The monoisotopic (exact) mass is 332 g/mol. The van der Waals surface area contributed by atoms with Crippen LogP contribution in [0.5, 0.6) is 0 Å². The van der Waals surface area contributed by atoms with Gasteiger partial charge in [-0.2, -0.15) is 15.0 Å². The van der Waals surface area contributed by atoms with Crippen molar-refractivity contribution in [3.63, 3.8) is 0 Å². The predicted octanol–water partition coefficient (Wildman–Crippen LogP) is 3.16. The number of hydrogen-bond acceptors (Lipinski definition) is 4. The van der Waals surface area contributed by atoms with Crippen LogP contribution in [0.3, 0.4) is 0 Å². The van der Waals surface area contributed by atoms with E-state index < -0.39 is 0 Å². The molecule has 0 spiro atoms. The molecule has 0 aliphatic rings. The number of thiophene rings is 1. The Hall–Kier alpha value is -2.18. The summed E-state index contributed by atoms with van der Waals surface area (Å²) in [4.78, 5) is 14.5. The molecule has 5 nitrogen and oxygen atoms in total. The summed E-state index contributed by atoms with van der Waals surface area (Å²) in [7, 11) is 0. The number of aromatic nitrogens is 3. The van der Waals surface area contributed by atoms with Crippen LogP contribution in [0.1, 0.15) is 21.3 Å². The lowest BCUT2D eigenvalue weighted by Crippen LogP contribution is -2.31. The summed E-state index contributed by atoms with van der Waals surface area (Å²) >= 11 is 7.14. The summed E-state index contributed by atoms with van der Waals surface area (Å²) in [5.74, 6) is -0.155. The molecule has 3 aromatic rings. The van der Waals surface area contributed by atoms with Gasteiger partial charge in [0.1, 0.15) is 0 Å². The van der Waals surface area contributed by atoms with E-state index in [1.54, 1.807) is 29.3 Å². The second-order valence-electron chi connectivity index (χ2n) is 4.62. The van der Waals surface area contributed by atoms with Crippen LogP contribution in [0.4, 0.5) is 0 Å². The largest absolute Gasteiger partial charge is 0.343 e. The minimum absolute atomic E-state index is 0.155. The van der Waals surface area contributed by atoms with Crippen molar-refractivity contribution in [2.45, 2.75) is 12.6 Å². The molecule has 0 radical (unpaired) electrons. The lowest BCUT2D eigenvalue weighted by molar-refractivity contribution is 0.0935. The fourth-order valence-electron chi connectivity index (χ4n) is 2.09. The van der Waals surface area contributed by atoms with Crippen LogP contribution in [-0.2, 0) is 6.54 Å². The summed E-state index contributed by atoms with van der Waals surface area (Å²) in [6.45, 7) is 0.460. The normalized spacial score (nSPS) is 12.0. The first-order chi connectivity index (χ1) is 10.7. The summed E-state index contributed by atoms with van der Waals surface area (Å²) in [5, 5.41) is 11.2. The Morgan fingerprint density at radius 3 is 2.55 bits per heavy atom. The molecule has 0 aliphatic heterocycles. The average molecular weight is 333 g/mol. The quantitative estimate of drug-likeness (QED) is 0.780. The number of amides is 1. The standard InChI is InChI=1S/C15H13ClN4OS/c16-14-7-6-13(22-14)15(21)19-12(10-20-17-8-9-18-20)11-4-2-1-3-5-11/h1-9,12H,10H2,(H,19,21)/t12-/m0/s1. The minimum Gasteiger partial charge on any atom is -0.343 e. The number of hydrogen-bond donors (Lipinski definition) is 1. The van der Waals surface area contributed by atoms with E-state index in [0.29, 0.717) is 15.8 Å². The van der Waals surface area contributed by atoms with Gasteiger partial charge in [-0.15, -0.1) is 11.3 Å². The third-order valence-electron chi connectivity index (χ3n) is 3.12. The van der Waals surface area contributed by atoms with E-state index >= 15 is 0 Å². The van der Waals surface area contributed by atoms with Gasteiger partial charge in [-0.3, -0.25) is 4.79 Å². The topological polar surface area (TPSA) is 59.8 Å². The zero-order valence-electron chi connectivity index (χ0n) is 11.5. The van der Waals surface area contributed by atoms with Gasteiger partial charge in [0.15, 0.2) is 0 Å². The highest BCUT2D eigenvalue weighted by Crippen LogP contribution is 2.22. The molecule has 3 rings (SSSR count). The van der Waals surface area contributed by atoms with Crippen LogP contribution in [0.25, 0.3) is 0 Å². The Morgan fingerprint density at radius 2 is 1.91 bits per heavy atom. The maximum atomic E-state index is 12.4. The van der Waals surface area contributed by atoms with E-state index in [1.807, 2.05) is 30.3 Å². The van der Waals surface area contributed by atoms with Crippen molar-refractivity contribution in [1.29, 1.82) is 0 Å². The van der Waals surface area contributed by atoms with Gasteiger partial charge in [-0.1, -0.05) is 41.9 Å². The van der Waals surface area contributed by atoms with Gasteiger partial charge >= 0.3 is 0 Å². The summed E-state index contributed by atoms with van der Waals surface area (Å²) in [6.07, 6.45) is 3.23. The van der Waals surface area contributed by atoms with Gasteiger partial charge in [0.2, 0.25) is 0 Å². The highest BCUT2D eigenvalue weighted by molar-refractivity contribution is 7.17. The van der Waals surface area contributed by atoms with E-state index in [0.717, 1.165) is 5.56 Å². The molecule has 1 amide bonds. The van der Waals surface area contributed by atoms with Gasteiger partial charge in [-0.05, 0) is 17.7 Å². The molecular weight excluding hydrogens is 320 g/mol. The van der Waals surface area contributed by atoms with Crippen LogP contribution in [0.2, 0.25) is 4.34 Å². The maximum Gasteiger partial charge on any atom is 0.261 e. The molecular formula is C15H13ClN4OS. The number of carbonyl (C=O) groups excluding carboxylic acids is 1. The fourth-order valence-corrected chi connectivity index (χ4v) is 3.03. The molecule has 7 heteroatoms. The van der Waals surface area contributed by atoms with Gasteiger partial charge in [0.25, 0.3) is 5.91 Å². The van der Waals surface area contributed by atoms with Crippen LogP contribution >= 0.6 is 22.9 Å². The van der Waals surface area contributed by atoms with Crippen LogP contribution < -0.4 is 5.32 Å². The SMILES string of the molecule is O=C(N[C@@H](Cn1nccn1)c1ccccc1)c1ccc(Cl)s1. The zero-order valence-corrected chi connectivity index (χ0v) is 13.1. The average Bonchev–Trinajstić information content (AvgIpc) is 3.19. The van der Waals surface area contributed by atoms with Gasteiger partial charge in [-0.25, -0.2) is 0 Å². The fraction of sp³-hybridized carbons (Fsp3) is 0.133. The van der Waals surface area contributed by atoms with Crippen LogP contribution in [-0.4, -0.2) is 20.9 Å². The van der Waals surface area contributed by atoms with Gasteiger partial charge in [0, 0.05) is 0 Å². The molecule has 1 atom stereocenters. The van der Waals surface area contributed by atoms with Crippen molar-refractivity contribution in [2.24, 2.45) is 0 Å². The molecule has 1 aromatic carbocycles. The van der Waals surface area contributed by atoms with Crippen molar-refractivity contribution in [2.75, 3.05) is 0 Å². The van der Waals surface area contributed by atoms with E-state index in [4.69, 9.17) is 11.6 Å². The number of nitrogens with one attached hydrogen (secondary N) is 1. The Kier molecular flexibility index (Phi) is 4.50. The Balaban J connectivity index is 1.80. The highest BCUT2D eigenvalue weighted by atomic mass is 35.5. The van der Waals surface area contributed by atoms with E-state index in [-0.39, 0.29) is 11.9 Å². The first-order valence-electron chi connectivity index (χ1n) is 6.67. The summed E-state index contributed by atoms with van der Waals surface area (Å²) in [6, 6.07) is 13.0. The summed E-state index contributed by atoms with van der Waals surface area (Å²) < 4.78 is 0.593. The Morgan fingerprint density at radius 1 is 1.18 bits per heavy atom. The summed E-state index contributed by atoms with van der Waals surface area (Å²) in [5.41, 5.74) is 0.996. The Bertz CT molecular complexity index is 742. The molecule has 0 aliphatic carbocycles. The third kappa shape index (κ3) is 3.52. The second-order valence-corrected chi connectivity index (χ2v) is 6.34. The number of carbonyl (C=O) groups is 1. The van der Waals surface area contributed by atoms with Crippen molar-refractivity contribution >= 4 is 28.8 Å². The molecule has 2 aromatic heterocycles. The zero-order chi connectivity index (χ0) is 15.4. The second kappa shape index (κ2) is 6.72. The van der Waals surface area contributed by atoms with Crippen molar-refractivity contribution in [1.82, 2.24) is 20.3 Å². The molecule has 0 unspecified atom stereocenters. The molecule has 0 saturated carbocycles. The number of halogens is 1. The first kappa shape index (κ1) is 14.7. The molecule has 0 fully saturated rings. The van der Waals surface area contributed by atoms with E-state index in [1.165, 1.54) is 11.3 Å². The van der Waals surface area contributed by atoms with Crippen LogP contribution in [0.15, 0.2) is 54.9 Å². The number of rotatable bonds is 5. The Labute approximate surface area is 136 Å². The molecule has 112 valence electrons. The molecule has 22 heavy (non-hydrogen) atoms.